The van der Waals surface area contributed by atoms with Crippen molar-refractivity contribution in [3.05, 3.63) is 58.1 Å². The second-order valence-electron chi connectivity index (χ2n) is 3.81. The lowest BCUT2D eigenvalue weighted by Gasteiger charge is -2.11. The van der Waals surface area contributed by atoms with Gasteiger partial charge in [-0.25, -0.2) is 4.79 Å². The van der Waals surface area contributed by atoms with Crippen molar-refractivity contribution >= 4 is 21.9 Å². The fourth-order valence-electron chi connectivity index (χ4n) is 1.58. The summed E-state index contributed by atoms with van der Waals surface area (Å²) in [6.07, 6.45) is 0. The van der Waals surface area contributed by atoms with Gasteiger partial charge in [0.2, 0.25) is 0 Å². The van der Waals surface area contributed by atoms with Gasteiger partial charge < -0.3 is 9.84 Å². The Labute approximate surface area is 113 Å². The molecule has 0 radical (unpaired) electrons. The fraction of sp³-hybridized carbons (Fsp3) is 0.0714. The Morgan fingerprint density at radius 2 is 1.83 bits per heavy atom. The molecule has 0 heterocycles. The lowest BCUT2D eigenvalue weighted by atomic mass is 10.1. The average molecular weight is 307 g/mol. The van der Waals surface area contributed by atoms with Crippen LogP contribution in [0.2, 0.25) is 0 Å². The van der Waals surface area contributed by atoms with Gasteiger partial charge in [0.05, 0.1) is 0 Å². The van der Waals surface area contributed by atoms with E-state index in [2.05, 4.69) is 15.9 Å². The summed E-state index contributed by atoms with van der Waals surface area (Å²) in [7, 11) is 0. The number of hydrogen-bond donors (Lipinski definition) is 1. The van der Waals surface area contributed by atoms with Gasteiger partial charge in [0.25, 0.3) is 0 Å². The molecule has 0 saturated heterocycles. The van der Waals surface area contributed by atoms with E-state index in [9.17, 15) is 4.79 Å². The molecule has 3 nitrogen and oxygen atoms in total. The molecule has 2 aromatic carbocycles. The van der Waals surface area contributed by atoms with Crippen LogP contribution < -0.4 is 4.74 Å². The Hall–Kier alpha value is -1.81. The van der Waals surface area contributed by atoms with Crippen LogP contribution in [0.25, 0.3) is 0 Å². The van der Waals surface area contributed by atoms with E-state index in [-0.39, 0.29) is 5.56 Å². The molecule has 0 aromatic heterocycles. The van der Waals surface area contributed by atoms with E-state index in [4.69, 9.17) is 9.84 Å². The maximum atomic E-state index is 11.1. The van der Waals surface area contributed by atoms with Crippen LogP contribution in [0.4, 0.5) is 0 Å². The van der Waals surface area contributed by atoms with E-state index >= 15 is 0 Å². The monoisotopic (exact) mass is 306 g/mol. The van der Waals surface area contributed by atoms with Crippen molar-refractivity contribution in [1.82, 2.24) is 0 Å². The third kappa shape index (κ3) is 2.71. The molecular formula is C14H11BrO3. The minimum atomic E-state index is -0.995. The first-order valence-corrected chi connectivity index (χ1v) is 6.13. The van der Waals surface area contributed by atoms with E-state index in [1.54, 1.807) is 18.2 Å². The Kier molecular flexibility index (Phi) is 3.67. The number of rotatable bonds is 3. The molecule has 0 unspecified atom stereocenters. The molecule has 0 aliphatic rings. The highest BCUT2D eigenvalue weighted by molar-refractivity contribution is 9.10. The van der Waals surface area contributed by atoms with Gasteiger partial charge in [-0.15, -0.1) is 0 Å². The Bertz CT molecular complexity index is 576. The molecule has 2 aromatic rings. The standard InChI is InChI=1S/C14H11BrO3/c1-9-3-2-4-12(14(16)17)13(9)18-11-7-5-10(15)6-8-11/h2-8H,1H3,(H,16,17). The zero-order valence-corrected chi connectivity index (χ0v) is 11.3. The number of aromatic carboxylic acids is 1. The summed E-state index contributed by atoms with van der Waals surface area (Å²) in [5, 5.41) is 9.12. The fourth-order valence-corrected chi connectivity index (χ4v) is 1.84. The molecule has 0 aliphatic heterocycles. The first-order chi connectivity index (χ1) is 8.58. The van der Waals surface area contributed by atoms with Crippen LogP contribution in [0.1, 0.15) is 15.9 Å². The van der Waals surface area contributed by atoms with Crippen molar-refractivity contribution in [3.63, 3.8) is 0 Å². The minimum absolute atomic E-state index is 0.165. The summed E-state index contributed by atoms with van der Waals surface area (Å²) < 4.78 is 6.60. The van der Waals surface area contributed by atoms with Crippen molar-refractivity contribution in [1.29, 1.82) is 0 Å². The van der Waals surface area contributed by atoms with Crippen molar-refractivity contribution < 1.29 is 14.6 Å². The number of hydrogen-bond acceptors (Lipinski definition) is 2. The molecule has 2 rings (SSSR count). The topological polar surface area (TPSA) is 46.5 Å². The second kappa shape index (κ2) is 5.23. The van der Waals surface area contributed by atoms with Crippen molar-refractivity contribution in [3.8, 4) is 11.5 Å². The zero-order chi connectivity index (χ0) is 13.1. The van der Waals surface area contributed by atoms with Crippen LogP contribution in [0.3, 0.4) is 0 Å². The summed E-state index contributed by atoms with van der Waals surface area (Å²) in [5.74, 6) is -0.00636. The Balaban J connectivity index is 2.39. The van der Waals surface area contributed by atoms with Crippen molar-refractivity contribution in [2.75, 3.05) is 0 Å². The number of aryl methyl sites for hydroxylation is 1. The highest BCUT2D eigenvalue weighted by atomic mass is 79.9. The number of carboxylic acid groups (broad SMARTS) is 1. The van der Waals surface area contributed by atoms with Gasteiger partial charge in [0.1, 0.15) is 17.1 Å². The summed E-state index contributed by atoms with van der Waals surface area (Å²) >= 11 is 3.33. The van der Waals surface area contributed by atoms with E-state index in [0.717, 1.165) is 10.0 Å². The number of para-hydroxylation sites is 1. The summed E-state index contributed by atoms with van der Waals surface area (Å²) in [6, 6.07) is 12.3. The molecule has 0 atom stereocenters. The van der Waals surface area contributed by atoms with Crippen molar-refractivity contribution in [2.24, 2.45) is 0 Å². The van der Waals surface area contributed by atoms with Crippen molar-refractivity contribution in [2.45, 2.75) is 6.92 Å². The molecule has 0 fully saturated rings. The molecular weight excluding hydrogens is 296 g/mol. The molecule has 0 spiro atoms. The van der Waals surface area contributed by atoms with Gasteiger partial charge in [-0.1, -0.05) is 28.1 Å². The smallest absolute Gasteiger partial charge is 0.339 e. The van der Waals surface area contributed by atoms with Crippen LogP contribution in [0.15, 0.2) is 46.9 Å². The Morgan fingerprint density at radius 1 is 1.17 bits per heavy atom. The molecule has 92 valence electrons. The molecule has 0 aliphatic carbocycles. The second-order valence-corrected chi connectivity index (χ2v) is 4.73. The minimum Gasteiger partial charge on any atom is -0.478 e. The highest BCUT2D eigenvalue weighted by Crippen LogP contribution is 2.29. The third-order valence-corrected chi connectivity index (χ3v) is 3.00. The first-order valence-electron chi connectivity index (χ1n) is 5.34. The normalized spacial score (nSPS) is 10.1. The molecule has 4 heteroatoms. The SMILES string of the molecule is Cc1cccc(C(=O)O)c1Oc1ccc(Br)cc1. The maximum absolute atomic E-state index is 11.1. The Morgan fingerprint density at radius 3 is 2.44 bits per heavy atom. The van der Waals surface area contributed by atoms with Crippen LogP contribution in [0, 0.1) is 6.92 Å². The van der Waals surface area contributed by atoms with Crippen LogP contribution in [-0.2, 0) is 0 Å². The predicted molar refractivity (Wildman–Crippen MR) is 72.4 cm³/mol. The van der Waals surface area contributed by atoms with Gasteiger partial charge in [-0.2, -0.15) is 0 Å². The van der Waals surface area contributed by atoms with Gasteiger partial charge in [0, 0.05) is 4.47 Å². The highest BCUT2D eigenvalue weighted by Gasteiger charge is 2.13. The van der Waals surface area contributed by atoms with Crippen LogP contribution >= 0.6 is 15.9 Å². The number of halogens is 1. The van der Waals surface area contributed by atoms with Gasteiger partial charge in [-0.05, 0) is 42.8 Å². The summed E-state index contributed by atoms with van der Waals surface area (Å²) in [4.78, 5) is 11.1. The summed E-state index contributed by atoms with van der Waals surface area (Å²) in [5.41, 5.74) is 0.954. The number of carbonyl (C=O) groups is 1. The van der Waals surface area contributed by atoms with Gasteiger partial charge in [-0.3, -0.25) is 0 Å². The van der Waals surface area contributed by atoms with Gasteiger partial charge >= 0.3 is 5.97 Å². The first kappa shape index (κ1) is 12.6. The van der Waals surface area contributed by atoms with E-state index in [1.807, 2.05) is 25.1 Å². The lowest BCUT2D eigenvalue weighted by molar-refractivity contribution is 0.0694. The quantitative estimate of drug-likeness (QED) is 0.922. The number of benzene rings is 2. The predicted octanol–water partition coefficient (Wildman–Crippen LogP) is 4.25. The molecule has 0 saturated carbocycles. The van der Waals surface area contributed by atoms with E-state index < -0.39 is 5.97 Å². The van der Waals surface area contributed by atoms with E-state index in [1.165, 1.54) is 6.07 Å². The van der Waals surface area contributed by atoms with Crippen LogP contribution in [0.5, 0.6) is 11.5 Å². The largest absolute Gasteiger partial charge is 0.478 e. The maximum Gasteiger partial charge on any atom is 0.339 e. The molecule has 1 N–H and O–H groups in total. The summed E-state index contributed by atoms with van der Waals surface area (Å²) in [6.45, 7) is 1.82. The number of carboxylic acids is 1. The average Bonchev–Trinajstić information content (AvgIpc) is 2.34. The molecule has 18 heavy (non-hydrogen) atoms. The van der Waals surface area contributed by atoms with Crippen LogP contribution in [-0.4, -0.2) is 11.1 Å². The molecule has 0 amide bonds. The molecule has 0 bridgehead atoms. The lowest BCUT2D eigenvalue weighted by Crippen LogP contribution is -2.01. The van der Waals surface area contributed by atoms with Gasteiger partial charge in [0.15, 0.2) is 0 Å². The number of ether oxygens (including phenoxy) is 1. The van der Waals surface area contributed by atoms with E-state index in [0.29, 0.717) is 11.5 Å². The zero-order valence-electron chi connectivity index (χ0n) is 9.68. The third-order valence-electron chi connectivity index (χ3n) is 2.48.